The average Bonchev–Trinajstić information content (AvgIpc) is 3.59. The molecule has 0 unspecified atom stereocenters. The number of aromatic nitrogens is 3. The minimum Gasteiger partial charge on any atom is -0.475 e. The molecule has 4 N–H and O–H groups in total. The van der Waals surface area contributed by atoms with Gasteiger partial charge < -0.3 is 25.1 Å². The molecule has 0 bridgehead atoms. The molecule has 1 aliphatic rings. The number of hydrogen-bond acceptors (Lipinski definition) is 9. The highest BCUT2D eigenvalue weighted by atomic mass is 32.2. The van der Waals surface area contributed by atoms with E-state index in [1.54, 1.807) is 12.1 Å². The first-order valence-electron chi connectivity index (χ1n) is 13.9. The molecule has 0 aliphatic carbocycles. The van der Waals surface area contributed by atoms with E-state index < -0.39 is 46.3 Å². The van der Waals surface area contributed by atoms with Crippen molar-refractivity contribution in [2.45, 2.75) is 23.4 Å². The number of nitrogens with one attached hydrogen (secondary N) is 1. The van der Waals surface area contributed by atoms with E-state index in [1.807, 2.05) is 36.8 Å². The standard InChI is InChI=1S/C23H23N5O2S.3C2HF3O2/c1-31(29,30)20-4-2-3-19(14-20)27-9-11-28(12-10-27)23-7-8-24-22-6-5-17(13-21(22)23)18-15-25-26-16-18;3*3-2(4,5)1(6)7/h2-8,13-16H,9-12H2,1H3,(H,25,26);3*(H,6,7). The Hall–Kier alpha value is -5.61. The molecule has 23 heteroatoms. The zero-order chi connectivity index (χ0) is 39.7. The molecule has 0 spiro atoms. The van der Waals surface area contributed by atoms with E-state index in [9.17, 15) is 47.9 Å². The average molecular weight is 776 g/mol. The first-order chi connectivity index (χ1) is 23.8. The van der Waals surface area contributed by atoms with E-state index in [-0.39, 0.29) is 0 Å². The summed E-state index contributed by atoms with van der Waals surface area (Å²) in [6.07, 6.45) is -8.44. The van der Waals surface area contributed by atoms with Gasteiger partial charge in [0.25, 0.3) is 0 Å². The van der Waals surface area contributed by atoms with Gasteiger partial charge in [-0.05, 0) is 42.0 Å². The normalized spacial score (nSPS) is 13.4. The second kappa shape index (κ2) is 17.1. The number of hydrogen-bond donors (Lipinski definition) is 4. The number of carboxylic acid groups (broad SMARTS) is 3. The Kier molecular flexibility index (Phi) is 14.0. The van der Waals surface area contributed by atoms with Crippen LogP contribution in [0, 0.1) is 0 Å². The molecular formula is C29H26F9N5O8S. The minimum atomic E-state index is -5.08. The summed E-state index contributed by atoms with van der Waals surface area (Å²) in [4.78, 5) is 36.2. The summed E-state index contributed by atoms with van der Waals surface area (Å²) in [6.45, 7) is 3.33. The van der Waals surface area contributed by atoms with E-state index in [2.05, 4.69) is 43.2 Å². The van der Waals surface area contributed by atoms with Gasteiger partial charge in [-0.2, -0.15) is 44.6 Å². The van der Waals surface area contributed by atoms with Crippen LogP contribution in [0.1, 0.15) is 0 Å². The van der Waals surface area contributed by atoms with Gasteiger partial charge in [-0.1, -0.05) is 12.1 Å². The van der Waals surface area contributed by atoms with Gasteiger partial charge in [0.1, 0.15) is 0 Å². The zero-order valence-corrected chi connectivity index (χ0v) is 27.0. The maximum Gasteiger partial charge on any atom is 0.490 e. The number of anilines is 2. The number of H-pyrrole nitrogens is 1. The van der Waals surface area contributed by atoms with Crippen LogP contribution >= 0.6 is 0 Å². The molecular weight excluding hydrogens is 749 g/mol. The molecule has 0 saturated carbocycles. The fourth-order valence-corrected chi connectivity index (χ4v) is 4.77. The largest absolute Gasteiger partial charge is 0.490 e. The third-order valence-corrected chi connectivity index (χ3v) is 7.62. The number of aromatic amines is 1. The van der Waals surface area contributed by atoms with Crippen molar-refractivity contribution in [3.05, 3.63) is 67.1 Å². The van der Waals surface area contributed by atoms with Crippen LogP contribution in [0.2, 0.25) is 0 Å². The molecule has 0 amide bonds. The topological polar surface area (TPSA) is 194 Å². The highest BCUT2D eigenvalue weighted by Gasteiger charge is 2.39. The molecule has 3 heterocycles. The van der Waals surface area contributed by atoms with E-state index in [1.165, 1.54) is 11.9 Å². The van der Waals surface area contributed by atoms with Gasteiger partial charge >= 0.3 is 36.4 Å². The molecule has 1 aliphatic heterocycles. The summed E-state index contributed by atoms with van der Waals surface area (Å²) in [5.74, 6) is -8.27. The maximum absolute atomic E-state index is 11.9. The predicted molar refractivity (Wildman–Crippen MR) is 164 cm³/mol. The summed E-state index contributed by atoms with van der Waals surface area (Å²) in [5, 5.41) is 29.4. The number of sulfone groups is 1. The first-order valence-corrected chi connectivity index (χ1v) is 15.8. The molecule has 1 fully saturated rings. The number of piperazine rings is 1. The molecule has 1 saturated heterocycles. The lowest BCUT2D eigenvalue weighted by atomic mass is 10.0. The number of pyridine rings is 1. The Morgan fingerprint density at radius 1 is 0.731 bits per heavy atom. The van der Waals surface area contributed by atoms with Gasteiger partial charge in [0.15, 0.2) is 9.84 Å². The number of fused-ring (bicyclic) bond motifs is 1. The highest BCUT2D eigenvalue weighted by molar-refractivity contribution is 7.90. The summed E-state index contributed by atoms with van der Waals surface area (Å²) in [5.41, 5.74) is 5.23. The number of alkyl halides is 9. The maximum atomic E-state index is 11.9. The lowest BCUT2D eigenvalue weighted by Crippen LogP contribution is -2.46. The Labute approximate surface area is 286 Å². The number of carbonyl (C=O) groups is 3. The van der Waals surface area contributed by atoms with Crippen LogP contribution in [0.3, 0.4) is 0 Å². The van der Waals surface area contributed by atoms with Crippen molar-refractivity contribution in [1.29, 1.82) is 0 Å². The van der Waals surface area contributed by atoms with Crippen LogP contribution < -0.4 is 9.80 Å². The number of nitrogens with zero attached hydrogens (tertiary/aromatic N) is 4. The second-order valence-electron chi connectivity index (χ2n) is 10.2. The molecule has 0 radical (unpaired) electrons. The van der Waals surface area contributed by atoms with E-state index >= 15 is 0 Å². The van der Waals surface area contributed by atoms with Crippen LogP contribution in [0.5, 0.6) is 0 Å². The minimum absolute atomic E-state index is 0.360. The summed E-state index contributed by atoms with van der Waals surface area (Å²) < 4.78 is 119. The smallest absolute Gasteiger partial charge is 0.475 e. The van der Waals surface area contributed by atoms with Crippen LogP contribution in [-0.4, -0.2) is 108 Å². The zero-order valence-electron chi connectivity index (χ0n) is 26.2. The number of benzene rings is 2. The quantitative estimate of drug-likeness (QED) is 0.197. The van der Waals surface area contributed by atoms with Gasteiger partial charge in [-0.15, -0.1) is 0 Å². The highest BCUT2D eigenvalue weighted by Crippen LogP contribution is 2.31. The SMILES string of the molecule is CS(=O)(=O)c1cccc(N2CCN(c3ccnc4ccc(-c5cn[nH]c5)cc34)CC2)c1.O=C(O)C(F)(F)F.O=C(O)C(F)(F)F.O=C(O)C(F)(F)F. The predicted octanol–water partition coefficient (Wildman–Crippen LogP) is 5.25. The van der Waals surface area contributed by atoms with Gasteiger partial charge in [0, 0.05) is 67.2 Å². The van der Waals surface area contributed by atoms with Gasteiger partial charge in [-0.3, -0.25) is 10.1 Å². The molecule has 2 aromatic heterocycles. The van der Waals surface area contributed by atoms with Crippen molar-refractivity contribution in [2.24, 2.45) is 0 Å². The molecule has 5 rings (SSSR count). The lowest BCUT2D eigenvalue weighted by molar-refractivity contribution is -0.193. The molecule has 2 aromatic carbocycles. The van der Waals surface area contributed by atoms with Crippen LogP contribution in [0.4, 0.5) is 50.9 Å². The van der Waals surface area contributed by atoms with Crippen molar-refractivity contribution in [1.82, 2.24) is 15.2 Å². The molecule has 13 nitrogen and oxygen atoms in total. The monoisotopic (exact) mass is 775 g/mol. The first kappa shape index (κ1) is 42.6. The van der Waals surface area contributed by atoms with Crippen LogP contribution in [-0.2, 0) is 24.2 Å². The number of halogens is 9. The van der Waals surface area contributed by atoms with Gasteiger partial charge in [0.2, 0.25) is 0 Å². The number of aliphatic carboxylic acids is 3. The number of rotatable bonds is 4. The lowest BCUT2D eigenvalue weighted by Gasteiger charge is -2.38. The van der Waals surface area contributed by atoms with E-state index in [0.717, 1.165) is 53.9 Å². The third-order valence-electron chi connectivity index (χ3n) is 6.51. The van der Waals surface area contributed by atoms with Crippen molar-refractivity contribution >= 4 is 50.0 Å². The van der Waals surface area contributed by atoms with Crippen LogP contribution in [0.15, 0.2) is 72.0 Å². The summed E-state index contributed by atoms with van der Waals surface area (Å²) >= 11 is 0. The molecule has 284 valence electrons. The van der Waals surface area contributed by atoms with Crippen molar-refractivity contribution < 1.29 is 77.6 Å². The van der Waals surface area contributed by atoms with Crippen molar-refractivity contribution in [3.8, 4) is 11.1 Å². The fourth-order valence-electron chi connectivity index (χ4n) is 4.11. The van der Waals surface area contributed by atoms with Crippen LogP contribution in [0.25, 0.3) is 22.0 Å². The molecule has 4 aromatic rings. The Bertz CT molecular complexity index is 1890. The Morgan fingerprint density at radius 3 is 1.67 bits per heavy atom. The third kappa shape index (κ3) is 12.9. The summed E-state index contributed by atoms with van der Waals surface area (Å²) in [6, 6.07) is 15.6. The van der Waals surface area contributed by atoms with Crippen molar-refractivity contribution in [2.75, 3.05) is 42.2 Å². The van der Waals surface area contributed by atoms with E-state index in [4.69, 9.17) is 29.7 Å². The Balaban J connectivity index is 0.000000365. The Morgan fingerprint density at radius 2 is 1.23 bits per heavy atom. The van der Waals surface area contributed by atoms with Crippen molar-refractivity contribution in [3.63, 3.8) is 0 Å². The van der Waals surface area contributed by atoms with E-state index in [0.29, 0.717) is 4.90 Å². The van der Waals surface area contributed by atoms with Gasteiger partial charge in [-0.25, -0.2) is 22.8 Å². The van der Waals surface area contributed by atoms with Gasteiger partial charge in [0.05, 0.1) is 16.6 Å². The molecule has 52 heavy (non-hydrogen) atoms. The molecule has 0 atom stereocenters. The second-order valence-corrected chi connectivity index (χ2v) is 12.2. The number of carboxylic acids is 3. The summed E-state index contributed by atoms with van der Waals surface area (Å²) in [7, 11) is -3.22. The fraction of sp³-hybridized carbons (Fsp3) is 0.276.